The van der Waals surface area contributed by atoms with E-state index in [0.29, 0.717) is 6.20 Å². The predicted octanol–water partition coefficient (Wildman–Crippen LogP) is 1.19. The lowest BCUT2D eigenvalue weighted by atomic mass is 10.1. The van der Waals surface area contributed by atoms with Crippen LogP contribution >= 0.6 is 11.6 Å². The number of halogens is 3. The lowest BCUT2D eigenvalue weighted by molar-refractivity contribution is 0.150. The number of alkyl halides is 2. The van der Waals surface area contributed by atoms with Gasteiger partial charge in [-0.1, -0.05) is 11.6 Å². The number of primary sulfonamides is 1. The van der Waals surface area contributed by atoms with E-state index in [1.54, 1.807) is 0 Å². The number of rotatable bonds is 2. The molecule has 1 rings (SSSR count). The summed E-state index contributed by atoms with van der Waals surface area (Å²) in [4.78, 5) is 3.20. The van der Waals surface area contributed by atoms with Gasteiger partial charge >= 0.3 is 0 Å². The Bertz CT molecular complexity index is 568. The zero-order chi connectivity index (χ0) is 12.5. The van der Waals surface area contributed by atoms with Crippen LogP contribution in [-0.4, -0.2) is 13.4 Å². The fourth-order valence-electron chi connectivity index (χ4n) is 0.960. The third-order valence-electron chi connectivity index (χ3n) is 1.63. The smallest absolute Gasteiger partial charge is 0.242 e. The van der Waals surface area contributed by atoms with Crippen molar-refractivity contribution in [3.8, 4) is 6.07 Å². The van der Waals surface area contributed by atoms with Gasteiger partial charge in [0.25, 0.3) is 16.4 Å². The van der Waals surface area contributed by atoms with Crippen molar-refractivity contribution in [1.82, 2.24) is 4.98 Å². The fourth-order valence-corrected chi connectivity index (χ4v) is 2.03. The quantitative estimate of drug-likeness (QED) is 0.870. The van der Waals surface area contributed by atoms with Gasteiger partial charge in [0, 0.05) is 6.20 Å². The van der Waals surface area contributed by atoms with Crippen LogP contribution in [0.5, 0.6) is 0 Å². The topological polar surface area (TPSA) is 96.8 Å². The van der Waals surface area contributed by atoms with Gasteiger partial charge in [0.1, 0.15) is 6.07 Å². The minimum absolute atomic E-state index is 0.564. The molecule has 9 heteroatoms. The number of pyridine rings is 1. The molecule has 0 atom stereocenters. The molecular formula is C7H4ClF2N3O2S. The van der Waals surface area contributed by atoms with E-state index in [2.05, 4.69) is 4.98 Å². The van der Waals surface area contributed by atoms with E-state index in [1.165, 1.54) is 6.07 Å². The molecule has 0 aromatic carbocycles. The average Bonchev–Trinajstić information content (AvgIpc) is 2.14. The molecule has 0 aliphatic rings. The van der Waals surface area contributed by atoms with E-state index in [0.717, 1.165) is 0 Å². The second-order valence-electron chi connectivity index (χ2n) is 2.67. The Kier molecular flexibility index (Phi) is 3.42. The van der Waals surface area contributed by atoms with E-state index >= 15 is 0 Å². The molecule has 0 unspecified atom stereocenters. The number of sulfonamides is 1. The summed E-state index contributed by atoms with van der Waals surface area (Å²) in [6.45, 7) is 0. The molecule has 0 amide bonds. The molecule has 0 saturated carbocycles. The first kappa shape index (κ1) is 12.8. The van der Waals surface area contributed by atoms with Crippen LogP contribution in [0.2, 0.25) is 5.02 Å². The predicted molar refractivity (Wildman–Crippen MR) is 50.3 cm³/mol. The monoisotopic (exact) mass is 267 g/mol. The molecule has 5 nitrogen and oxygen atoms in total. The molecule has 0 spiro atoms. The first-order valence-electron chi connectivity index (χ1n) is 3.68. The Labute approximate surface area is 94.5 Å². The van der Waals surface area contributed by atoms with Crippen LogP contribution in [0.3, 0.4) is 0 Å². The summed E-state index contributed by atoms with van der Waals surface area (Å²) < 4.78 is 46.7. The zero-order valence-electron chi connectivity index (χ0n) is 7.49. The highest BCUT2D eigenvalue weighted by molar-refractivity contribution is 7.89. The third-order valence-corrected chi connectivity index (χ3v) is 2.96. The molecular weight excluding hydrogens is 264 g/mol. The number of nitrogens with zero attached hydrogens (tertiary/aromatic N) is 2. The van der Waals surface area contributed by atoms with Gasteiger partial charge in [-0.3, -0.25) is 0 Å². The van der Waals surface area contributed by atoms with E-state index in [4.69, 9.17) is 22.0 Å². The Morgan fingerprint density at radius 2 is 2.12 bits per heavy atom. The number of hydrogen-bond acceptors (Lipinski definition) is 4. The van der Waals surface area contributed by atoms with Gasteiger partial charge in [0.05, 0.1) is 16.1 Å². The van der Waals surface area contributed by atoms with Crippen molar-refractivity contribution in [3.05, 3.63) is 22.3 Å². The normalized spacial score (nSPS) is 11.5. The van der Waals surface area contributed by atoms with Crippen molar-refractivity contribution in [2.75, 3.05) is 0 Å². The van der Waals surface area contributed by atoms with Gasteiger partial charge < -0.3 is 0 Å². The van der Waals surface area contributed by atoms with Crippen molar-refractivity contribution < 1.29 is 17.2 Å². The van der Waals surface area contributed by atoms with Crippen LogP contribution in [0.1, 0.15) is 17.6 Å². The summed E-state index contributed by atoms with van der Waals surface area (Å²) in [6.07, 6.45) is -2.41. The summed E-state index contributed by atoms with van der Waals surface area (Å²) in [7, 11) is -4.25. The van der Waals surface area contributed by atoms with Gasteiger partial charge in [-0.15, -0.1) is 0 Å². The maximum absolute atomic E-state index is 12.4. The Balaban J connectivity index is 3.61. The van der Waals surface area contributed by atoms with Crippen LogP contribution in [0.25, 0.3) is 0 Å². The van der Waals surface area contributed by atoms with Crippen molar-refractivity contribution in [2.24, 2.45) is 5.14 Å². The van der Waals surface area contributed by atoms with Crippen LogP contribution in [0, 0.1) is 11.3 Å². The van der Waals surface area contributed by atoms with Gasteiger partial charge in [-0.05, 0) is 0 Å². The van der Waals surface area contributed by atoms with Crippen LogP contribution in [-0.2, 0) is 10.0 Å². The molecule has 1 aromatic rings. The molecule has 1 aromatic heterocycles. The molecule has 0 saturated heterocycles. The average molecular weight is 268 g/mol. The molecule has 0 aliphatic heterocycles. The van der Waals surface area contributed by atoms with Crippen LogP contribution in [0.4, 0.5) is 8.78 Å². The van der Waals surface area contributed by atoms with Gasteiger partial charge in [-0.2, -0.15) is 5.26 Å². The first-order valence-corrected chi connectivity index (χ1v) is 5.61. The van der Waals surface area contributed by atoms with Crippen molar-refractivity contribution in [1.29, 1.82) is 5.26 Å². The highest BCUT2D eigenvalue weighted by atomic mass is 35.5. The number of aromatic nitrogens is 1. The highest BCUT2D eigenvalue weighted by Gasteiger charge is 2.24. The van der Waals surface area contributed by atoms with E-state index in [1.807, 2.05) is 0 Å². The molecule has 16 heavy (non-hydrogen) atoms. The minimum atomic E-state index is -4.25. The highest BCUT2D eigenvalue weighted by Crippen LogP contribution is 2.30. The lowest BCUT2D eigenvalue weighted by Gasteiger charge is -2.06. The van der Waals surface area contributed by atoms with Gasteiger partial charge in [-0.25, -0.2) is 27.3 Å². The summed E-state index contributed by atoms with van der Waals surface area (Å²) >= 11 is 5.47. The fraction of sp³-hybridized carbons (Fsp3) is 0.143. The van der Waals surface area contributed by atoms with Crippen LogP contribution in [0.15, 0.2) is 11.2 Å². The molecule has 2 N–H and O–H groups in total. The SMILES string of the molecule is N#Cc1c(C(F)F)cnc(S(N)(=O)=O)c1Cl. The summed E-state index contributed by atoms with van der Waals surface area (Å²) in [5.74, 6) is 0. The molecule has 0 fully saturated rings. The zero-order valence-corrected chi connectivity index (χ0v) is 9.06. The maximum Gasteiger partial charge on any atom is 0.266 e. The third kappa shape index (κ3) is 2.27. The van der Waals surface area contributed by atoms with Gasteiger partial charge in [0.2, 0.25) is 0 Å². The van der Waals surface area contributed by atoms with Crippen molar-refractivity contribution in [3.63, 3.8) is 0 Å². The van der Waals surface area contributed by atoms with Crippen molar-refractivity contribution in [2.45, 2.75) is 11.5 Å². The number of nitrogens with two attached hydrogens (primary N) is 1. The second kappa shape index (κ2) is 4.29. The van der Waals surface area contributed by atoms with Gasteiger partial charge in [0.15, 0.2) is 5.03 Å². The van der Waals surface area contributed by atoms with Crippen LogP contribution < -0.4 is 5.14 Å². The standard InChI is InChI=1S/C7H4ClF2N3O2S/c8-5-3(1-11)4(6(9)10)2-13-7(5)16(12,14)15/h2,6H,(H2,12,14,15). The molecule has 86 valence electrons. The molecule has 1 heterocycles. The number of hydrogen-bond donors (Lipinski definition) is 1. The molecule has 0 aliphatic carbocycles. The second-order valence-corrected chi connectivity index (χ2v) is 4.52. The Hall–Kier alpha value is -1.30. The summed E-state index contributed by atoms with van der Waals surface area (Å²) in [6, 6.07) is 1.39. The van der Waals surface area contributed by atoms with Crippen molar-refractivity contribution >= 4 is 21.6 Å². The minimum Gasteiger partial charge on any atom is -0.242 e. The first-order chi connectivity index (χ1) is 7.29. The lowest BCUT2D eigenvalue weighted by Crippen LogP contribution is -2.15. The van der Waals surface area contributed by atoms with E-state index < -0.39 is 37.6 Å². The molecule has 0 bridgehead atoms. The van der Waals surface area contributed by atoms with E-state index in [9.17, 15) is 17.2 Å². The largest absolute Gasteiger partial charge is 0.266 e. The Morgan fingerprint density at radius 3 is 2.50 bits per heavy atom. The summed E-state index contributed by atoms with van der Waals surface area (Å²) in [5, 5.41) is 11.9. The number of nitriles is 1. The van der Waals surface area contributed by atoms with E-state index in [-0.39, 0.29) is 0 Å². The maximum atomic E-state index is 12.4. The molecule has 0 radical (unpaired) electrons. The Morgan fingerprint density at radius 1 is 1.56 bits per heavy atom. The summed E-state index contributed by atoms with van der Waals surface area (Å²) in [5.41, 5.74) is -1.38.